The van der Waals surface area contributed by atoms with Crippen molar-refractivity contribution in [3.8, 4) is 5.75 Å². The van der Waals surface area contributed by atoms with E-state index in [1.54, 1.807) is 7.11 Å². The van der Waals surface area contributed by atoms with Crippen molar-refractivity contribution in [2.45, 2.75) is 45.2 Å². The van der Waals surface area contributed by atoms with Gasteiger partial charge in [0.15, 0.2) is 0 Å². The maximum atomic E-state index is 9.10. The Kier molecular flexibility index (Phi) is 8.73. The average molecular weight is 392 g/mol. The molecule has 7 heteroatoms. The van der Waals surface area contributed by atoms with Crippen LogP contribution in [0.15, 0.2) is 24.3 Å². The molecule has 1 saturated carbocycles. The molecule has 0 atom stereocenters. The molecule has 2 N–H and O–H groups in total. The Bertz CT molecular complexity index is 623. The van der Waals surface area contributed by atoms with Crippen molar-refractivity contribution in [3.63, 3.8) is 0 Å². The summed E-state index contributed by atoms with van der Waals surface area (Å²) < 4.78 is 5.32. The van der Waals surface area contributed by atoms with Gasteiger partial charge in [0.05, 0.1) is 7.11 Å². The van der Waals surface area contributed by atoms with Gasteiger partial charge in [-0.05, 0) is 49.3 Å². The fraction of sp³-hybridized carbons (Fsp3) is 0.619. The number of carboxylic acid groups (broad SMARTS) is 2. The molecule has 7 nitrogen and oxygen atoms in total. The van der Waals surface area contributed by atoms with Crippen LogP contribution in [0.5, 0.6) is 5.75 Å². The van der Waals surface area contributed by atoms with Crippen LogP contribution < -0.4 is 4.74 Å². The van der Waals surface area contributed by atoms with Crippen molar-refractivity contribution >= 4 is 11.9 Å². The SMILES string of the molecule is COc1cccc(CN2CCN(C3CCC(C)CC3)CC2)c1.O=C(O)C(=O)O. The first-order valence-corrected chi connectivity index (χ1v) is 9.94. The zero-order chi connectivity index (χ0) is 20.5. The molecule has 3 rings (SSSR count). The number of methoxy groups -OCH3 is 1. The van der Waals surface area contributed by atoms with E-state index < -0.39 is 11.9 Å². The number of benzene rings is 1. The molecule has 1 aromatic rings. The lowest BCUT2D eigenvalue weighted by Crippen LogP contribution is -2.50. The van der Waals surface area contributed by atoms with Gasteiger partial charge in [0.25, 0.3) is 0 Å². The second-order valence-electron chi connectivity index (χ2n) is 7.69. The van der Waals surface area contributed by atoms with Gasteiger partial charge in [-0.25, -0.2) is 9.59 Å². The molecule has 1 saturated heterocycles. The van der Waals surface area contributed by atoms with Crippen LogP contribution in [0, 0.1) is 5.92 Å². The van der Waals surface area contributed by atoms with Crippen molar-refractivity contribution in [2.75, 3.05) is 33.3 Å². The maximum absolute atomic E-state index is 9.10. The summed E-state index contributed by atoms with van der Waals surface area (Å²) in [5.41, 5.74) is 1.36. The van der Waals surface area contributed by atoms with Gasteiger partial charge in [0.2, 0.25) is 0 Å². The van der Waals surface area contributed by atoms with E-state index in [0.29, 0.717) is 0 Å². The zero-order valence-electron chi connectivity index (χ0n) is 16.8. The summed E-state index contributed by atoms with van der Waals surface area (Å²) >= 11 is 0. The number of nitrogens with zero attached hydrogens (tertiary/aromatic N) is 2. The second-order valence-corrected chi connectivity index (χ2v) is 7.69. The molecule has 0 amide bonds. The summed E-state index contributed by atoms with van der Waals surface area (Å²) in [6.07, 6.45) is 5.68. The molecule has 1 aliphatic heterocycles. The van der Waals surface area contributed by atoms with Crippen molar-refractivity contribution in [1.29, 1.82) is 0 Å². The summed E-state index contributed by atoms with van der Waals surface area (Å²) in [6, 6.07) is 9.33. The number of piperazine rings is 1. The Balaban J connectivity index is 0.000000409. The molecular weight excluding hydrogens is 360 g/mol. The Labute approximate surface area is 166 Å². The molecule has 0 radical (unpaired) electrons. The fourth-order valence-corrected chi connectivity index (χ4v) is 3.92. The Morgan fingerprint density at radius 2 is 1.64 bits per heavy atom. The third-order valence-corrected chi connectivity index (χ3v) is 5.63. The number of hydrogen-bond acceptors (Lipinski definition) is 5. The van der Waals surface area contributed by atoms with Gasteiger partial charge < -0.3 is 14.9 Å². The van der Waals surface area contributed by atoms with E-state index in [4.69, 9.17) is 24.5 Å². The van der Waals surface area contributed by atoms with Gasteiger partial charge in [0.1, 0.15) is 5.75 Å². The summed E-state index contributed by atoms with van der Waals surface area (Å²) in [6.45, 7) is 8.33. The van der Waals surface area contributed by atoms with E-state index in [-0.39, 0.29) is 0 Å². The Hall–Kier alpha value is -2.12. The van der Waals surface area contributed by atoms with E-state index in [0.717, 1.165) is 24.3 Å². The van der Waals surface area contributed by atoms with Crippen LogP contribution in [0.4, 0.5) is 0 Å². The van der Waals surface area contributed by atoms with Crippen molar-refractivity contribution in [3.05, 3.63) is 29.8 Å². The van der Waals surface area contributed by atoms with E-state index >= 15 is 0 Å². The number of rotatable bonds is 4. The maximum Gasteiger partial charge on any atom is 0.414 e. The standard InChI is InChI=1S/C19H30N2O.C2H2O4/c1-16-6-8-18(9-7-16)21-12-10-20(11-13-21)15-17-4-3-5-19(14-17)22-2;3-1(4)2(5)6/h3-5,14,16,18H,6-13,15H2,1-2H3;(H,3,4)(H,5,6). The van der Waals surface area contributed by atoms with Crippen LogP contribution in [0.1, 0.15) is 38.2 Å². The summed E-state index contributed by atoms with van der Waals surface area (Å²) in [4.78, 5) is 23.5. The topological polar surface area (TPSA) is 90.3 Å². The molecule has 0 bridgehead atoms. The highest BCUT2D eigenvalue weighted by Crippen LogP contribution is 2.27. The summed E-state index contributed by atoms with van der Waals surface area (Å²) in [5.74, 6) is -1.73. The van der Waals surface area contributed by atoms with Crippen LogP contribution in [-0.2, 0) is 16.1 Å². The number of aliphatic carboxylic acids is 2. The van der Waals surface area contributed by atoms with Gasteiger partial charge in [-0.2, -0.15) is 0 Å². The van der Waals surface area contributed by atoms with Gasteiger partial charge in [-0.3, -0.25) is 9.80 Å². The normalized spacial score (nSPS) is 23.4. The van der Waals surface area contributed by atoms with E-state index in [1.165, 1.54) is 57.4 Å². The lowest BCUT2D eigenvalue weighted by Gasteiger charge is -2.41. The van der Waals surface area contributed by atoms with Crippen molar-refractivity contribution in [2.24, 2.45) is 5.92 Å². The molecular formula is C21H32N2O5. The number of hydrogen-bond donors (Lipinski definition) is 2. The minimum atomic E-state index is -1.82. The fourth-order valence-electron chi connectivity index (χ4n) is 3.92. The molecule has 156 valence electrons. The smallest absolute Gasteiger partial charge is 0.414 e. The molecule has 0 aromatic heterocycles. The van der Waals surface area contributed by atoms with Gasteiger partial charge >= 0.3 is 11.9 Å². The van der Waals surface area contributed by atoms with Crippen LogP contribution in [0.2, 0.25) is 0 Å². The van der Waals surface area contributed by atoms with E-state index in [2.05, 4.69) is 34.9 Å². The van der Waals surface area contributed by atoms with Gasteiger partial charge in [-0.1, -0.05) is 19.1 Å². The van der Waals surface area contributed by atoms with Gasteiger partial charge in [-0.15, -0.1) is 0 Å². The third kappa shape index (κ3) is 7.13. The van der Waals surface area contributed by atoms with Crippen molar-refractivity contribution < 1.29 is 24.5 Å². The van der Waals surface area contributed by atoms with Crippen LogP contribution in [0.25, 0.3) is 0 Å². The number of carboxylic acids is 2. The second kappa shape index (κ2) is 11.0. The predicted molar refractivity (Wildman–Crippen MR) is 107 cm³/mol. The lowest BCUT2D eigenvalue weighted by molar-refractivity contribution is -0.159. The van der Waals surface area contributed by atoms with Crippen molar-refractivity contribution in [1.82, 2.24) is 9.80 Å². The monoisotopic (exact) mass is 392 g/mol. The highest BCUT2D eigenvalue weighted by molar-refractivity contribution is 6.27. The van der Waals surface area contributed by atoms with Crippen LogP contribution >= 0.6 is 0 Å². The van der Waals surface area contributed by atoms with Crippen LogP contribution in [-0.4, -0.2) is 71.3 Å². The number of carbonyl (C=O) groups is 2. The minimum Gasteiger partial charge on any atom is -0.497 e. The molecule has 0 spiro atoms. The lowest BCUT2D eigenvalue weighted by atomic mass is 9.86. The minimum absolute atomic E-state index is 0.857. The molecule has 2 aliphatic rings. The first kappa shape index (κ1) is 22.2. The zero-order valence-corrected chi connectivity index (χ0v) is 16.8. The first-order valence-electron chi connectivity index (χ1n) is 9.94. The highest BCUT2D eigenvalue weighted by atomic mass is 16.5. The number of ether oxygens (including phenoxy) is 1. The largest absolute Gasteiger partial charge is 0.497 e. The first-order chi connectivity index (χ1) is 13.4. The molecule has 28 heavy (non-hydrogen) atoms. The quantitative estimate of drug-likeness (QED) is 0.761. The molecule has 2 fully saturated rings. The summed E-state index contributed by atoms with van der Waals surface area (Å²) in [7, 11) is 1.74. The highest BCUT2D eigenvalue weighted by Gasteiger charge is 2.26. The average Bonchev–Trinajstić information content (AvgIpc) is 2.70. The predicted octanol–water partition coefficient (Wildman–Crippen LogP) is 2.55. The van der Waals surface area contributed by atoms with E-state index in [1.807, 2.05) is 6.07 Å². The third-order valence-electron chi connectivity index (χ3n) is 5.63. The summed E-state index contributed by atoms with van der Waals surface area (Å²) in [5, 5.41) is 14.8. The molecule has 1 aromatic carbocycles. The van der Waals surface area contributed by atoms with E-state index in [9.17, 15) is 0 Å². The van der Waals surface area contributed by atoms with Gasteiger partial charge in [0, 0.05) is 38.8 Å². The Morgan fingerprint density at radius 3 is 2.18 bits per heavy atom. The van der Waals surface area contributed by atoms with Crippen LogP contribution in [0.3, 0.4) is 0 Å². The molecule has 1 aliphatic carbocycles. The Morgan fingerprint density at radius 1 is 1.04 bits per heavy atom. The molecule has 1 heterocycles. The molecule has 0 unspecified atom stereocenters.